The van der Waals surface area contributed by atoms with Gasteiger partial charge in [-0.2, -0.15) is 0 Å². The molecule has 0 aromatic heterocycles. The summed E-state index contributed by atoms with van der Waals surface area (Å²) in [7, 11) is 0. The number of benzene rings is 2. The second-order valence-electron chi connectivity index (χ2n) is 8.30. The molecule has 1 aliphatic rings. The fourth-order valence-corrected chi connectivity index (χ4v) is 3.82. The Morgan fingerprint density at radius 3 is 2.39 bits per heavy atom. The first-order valence-corrected chi connectivity index (χ1v) is 10.2. The van der Waals surface area contributed by atoms with Crippen molar-refractivity contribution < 1.29 is 30.0 Å². The minimum Gasteiger partial charge on any atom is -0.507 e. The van der Waals surface area contributed by atoms with E-state index < -0.39 is 11.9 Å². The van der Waals surface area contributed by atoms with Gasteiger partial charge in [0.05, 0.1) is 12.0 Å². The van der Waals surface area contributed by atoms with E-state index in [2.05, 4.69) is 12.7 Å². The summed E-state index contributed by atoms with van der Waals surface area (Å²) in [4.78, 5) is 12.9. The first-order chi connectivity index (χ1) is 14.6. The van der Waals surface area contributed by atoms with Gasteiger partial charge in [0.1, 0.15) is 40.4 Å². The summed E-state index contributed by atoms with van der Waals surface area (Å²) in [6, 6.07) is 5.56. The number of allylic oxidation sites excluding steroid dienone is 3. The zero-order chi connectivity index (χ0) is 22.9. The molecule has 2 atom stereocenters. The Balaban J connectivity index is 1.98. The highest BCUT2D eigenvalue weighted by molar-refractivity contribution is 6.03. The van der Waals surface area contributed by atoms with E-state index in [0.29, 0.717) is 12.8 Å². The molecule has 0 fully saturated rings. The highest BCUT2D eigenvalue weighted by Crippen LogP contribution is 2.47. The Hall–Kier alpha value is -3.41. The van der Waals surface area contributed by atoms with Gasteiger partial charge in [-0.25, -0.2) is 0 Å². The van der Waals surface area contributed by atoms with Crippen LogP contribution in [0.4, 0.5) is 0 Å². The first-order valence-electron chi connectivity index (χ1n) is 10.2. The van der Waals surface area contributed by atoms with E-state index in [4.69, 9.17) is 4.74 Å². The standard InChI is InChI=1S/C25H28O6/c1-13(2)8-9-15(14(3)4)10-16-19(28)11-22-24(25(16)30)20(29)12-21(31-22)23-17(26)6-5-7-18(23)27/h5-8,11,15,21,26-28,30H,3,9-10,12H2,1-2,4H3/t15?,21-/m0/s1. The molecule has 0 radical (unpaired) electrons. The summed E-state index contributed by atoms with van der Waals surface area (Å²) < 4.78 is 5.81. The van der Waals surface area contributed by atoms with Crippen LogP contribution in [-0.4, -0.2) is 26.2 Å². The van der Waals surface area contributed by atoms with Gasteiger partial charge in [0.2, 0.25) is 0 Å². The molecule has 164 valence electrons. The third-order valence-electron chi connectivity index (χ3n) is 5.61. The van der Waals surface area contributed by atoms with E-state index in [9.17, 15) is 25.2 Å². The van der Waals surface area contributed by atoms with E-state index in [1.807, 2.05) is 20.8 Å². The predicted octanol–water partition coefficient (Wildman–Crippen LogP) is 5.31. The van der Waals surface area contributed by atoms with Crippen LogP contribution in [0.15, 0.2) is 48.1 Å². The summed E-state index contributed by atoms with van der Waals surface area (Å²) in [5, 5.41) is 41.7. The molecule has 1 heterocycles. The van der Waals surface area contributed by atoms with E-state index in [0.717, 1.165) is 11.1 Å². The third kappa shape index (κ3) is 4.53. The lowest BCUT2D eigenvalue weighted by molar-refractivity contribution is 0.0838. The highest BCUT2D eigenvalue weighted by atomic mass is 16.5. The van der Waals surface area contributed by atoms with Gasteiger partial charge in [-0.05, 0) is 51.7 Å². The van der Waals surface area contributed by atoms with Gasteiger partial charge in [-0.1, -0.05) is 29.9 Å². The summed E-state index contributed by atoms with van der Waals surface area (Å²) in [6.07, 6.45) is 1.99. The number of carbonyl (C=O) groups excluding carboxylic acids is 1. The Bertz CT molecular complexity index is 1040. The molecular weight excluding hydrogens is 396 g/mol. The third-order valence-corrected chi connectivity index (χ3v) is 5.61. The Morgan fingerprint density at radius 2 is 1.81 bits per heavy atom. The van der Waals surface area contributed by atoms with Gasteiger partial charge >= 0.3 is 0 Å². The number of carbonyl (C=O) groups is 1. The number of hydrogen-bond acceptors (Lipinski definition) is 6. The van der Waals surface area contributed by atoms with Crippen molar-refractivity contribution in [2.45, 2.75) is 46.1 Å². The lowest BCUT2D eigenvalue weighted by atomic mass is 9.86. The van der Waals surface area contributed by atoms with Crippen LogP contribution < -0.4 is 4.74 Å². The van der Waals surface area contributed by atoms with Crippen molar-refractivity contribution in [2.75, 3.05) is 0 Å². The molecule has 0 aliphatic carbocycles. The summed E-state index contributed by atoms with van der Waals surface area (Å²) in [5.41, 5.74) is 2.43. The van der Waals surface area contributed by atoms with Crippen LogP contribution >= 0.6 is 0 Å². The number of Topliss-reactive ketones (excluding diaryl/α,β-unsaturated/α-hetero) is 1. The molecule has 1 unspecified atom stereocenters. The predicted molar refractivity (Wildman–Crippen MR) is 118 cm³/mol. The van der Waals surface area contributed by atoms with Crippen LogP contribution in [0.5, 0.6) is 28.7 Å². The molecule has 1 aliphatic heterocycles. The average Bonchev–Trinajstić information content (AvgIpc) is 2.66. The molecule has 2 aromatic rings. The van der Waals surface area contributed by atoms with Crippen molar-refractivity contribution in [1.82, 2.24) is 0 Å². The van der Waals surface area contributed by atoms with Crippen molar-refractivity contribution >= 4 is 5.78 Å². The van der Waals surface area contributed by atoms with Crippen LogP contribution in [-0.2, 0) is 6.42 Å². The number of ether oxygens (including phenoxy) is 1. The van der Waals surface area contributed by atoms with Crippen LogP contribution in [0.2, 0.25) is 0 Å². The van der Waals surface area contributed by atoms with Gasteiger partial charge < -0.3 is 25.2 Å². The number of hydrogen-bond donors (Lipinski definition) is 4. The lowest BCUT2D eigenvalue weighted by Gasteiger charge is -2.28. The SMILES string of the molecule is C=C(C)C(CC=C(C)C)Cc1c(O)cc2c(c1O)C(=O)C[C@@H](c1c(O)cccc1O)O2. The molecule has 0 spiro atoms. The van der Waals surface area contributed by atoms with Crippen molar-refractivity contribution in [2.24, 2.45) is 5.92 Å². The summed E-state index contributed by atoms with van der Waals surface area (Å²) >= 11 is 0. The maximum absolute atomic E-state index is 12.9. The number of phenolic OH excluding ortho intramolecular Hbond substituents is 4. The van der Waals surface area contributed by atoms with E-state index in [1.54, 1.807) is 0 Å². The van der Waals surface area contributed by atoms with Crippen molar-refractivity contribution in [3.8, 4) is 28.7 Å². The zero-order valence-electron chi connectivity index (χ0n) is 18.0. The topological polar surface area (TPSA) is 107 Å². The smallest absolute Gasteiger partial charge is 0.174 e. The first kappa shape index (κ1) is 22.3. The highest BCUT2D eigenvalue weighted by Gasteiger charge is 2.35. The molecule has 31 heavy (non-hydrogen) atoms. The van der Waals surface area contributed by atoms with E-state index >= 15 is 0 Å². The monoisotopic (exact) mass is 424 g/mol. The summed E-state index contributed by atoms with van der Waals surface area (Å²) in [5.74, 6) is -1.29. The van der Waals surface area contributed by atoms with Gasteiger partial charge in [0.25, 0.3) is 0 Å². The Kier molecular flexibility index (Phi) is 6.29. The minimum atomic E-state index is -0.938. The molecule has 0 amide bonds. The van der Waals surface area contributed by atoms with E-state index in [-0.39, 0.29) is 57.8 Å². The van der Waals surface area contributed by atoms with Gasteiger partial charge in [-0.15, -0.1) is 0 Å². The molecular formula is C25H28O6. The van der Waals surface area contributed by atoms with Crippen molar-refractivity contribution in [3.05, 3.63) is 64.8 Å². The second kappa shape index (κ2) is 8.76. The molecule has 0 bridgehead atoms. The second-order valence-corrected chi connectivity index (χ2v) is 8.30. The Labute approximate surface area is 181 Å². The minimum absolute atomic E-state index is 0.00152. The fourth-order valence-electron chi connectivity index (χ4n) is 3.82. The van der Waals surface area contributed by atoms with E-state index in [1.165, 1.54) is 24.3 Å². The average molecular weight is 424 g/mol. The van der Waals surface area contributed by atoms with Crippen LogP contribution in [0, 0.1) is 5.92 Å². The number of ketones is 1. The molecule has 3 rings (SSSR count). The van der Waals surface area contributed by atoms with Crippen LogP contribution in [0.1, 0.15) is 61.2 Å². The normalized spacial score (nSPS) is 16.2. The molecule has 6 heteroatoms. The molecule has 4 N–H and O–H groups in total. The Morgan fingerprint density at radius 1 is 1.16 bits per heavy atom. The fraction of sp³-hybridized carbons (Fsp3) is 0.320. The molecule has 0 saturated carbocycles. The number of aromatic hydroxyl groups is 4. The molecule has 2 aromatic carbocycles. The van der Waals surface area contributed by atoms with Gasteiger partial charge in [-0.3, -0.25) is 4.79 Å². The van der Waals surface area contributed by atoms with Gasteiger partial charge in [0, 0.05) is 11.6 Å². The lowest BCUT2D eigenvalue weighted by Crippen LogP contribution is -2.21. The van der Waals surface area contributed by atoms with Crippen LogP contribution in [0.3, 0.4) is 0 Å². The largest absolute Gasteiger partial charge is 0.507 e. The maximum Gasteiger partial charge on any atom is 0.174 e. The van der Waals surface area contributed by atoms with Gasteiger partial charge in [0.15, 0.2) is 5.78 Å². The number of rotatable bonds is 6. The molecule has 0 saturated heterocycles. The number of phenols is 4. The summed E-state index contributed by atoms with van der Waals surface area (Å²) in [6.45, 7) is 9.91. The quantitative estimate of drug-likeness (QED) is 0.468. The molecule has 6 nitrogen and oxygen atoms in total. The van der Waals surface area contributed by atoms with Crippen molar-refractivity contribution in [1.29, 1.82) is 0 Å². The van der Waals surface area contributed by atoms with Crippen molar-refractivity contribution in [3.63, 3.8) is 0 Å². The number of fused-ring (bicyclic) bond motifs is 1. The van der Waals surface area contributed by atoms with Crippen LogP contribution in [0.25, 0.3) is 0 Å². The zero-order valence-corrected chi connectivity index (χ0v) is 18.0. The maximum atomic E-state index is 12.9.